The number of hydrogen-bond acceptors (Lipinski definition) is 6. The van der Waals surface area contributed by atoms with Gasteiger partial charge in [0.2, 0.25) is 5.91 Å². The number of nitrogens with zero attached hydrogens (tertiary/aromatic N) is 1. The van der Waals surface area contributed by atoms with Crippen LogP contribution in [0.15, 0.2) is 0 Å². The van der Waals surface area contributed by atoms with Crippen LogP contribution in [-0.2, 0) is 19.1 Å². The Morgan fingerprint density at radius 2 is 1.85 bits per heavy atom. The fraction of sp³-hybridized carbons (Fsp3) is 0.900. The molecule has 1 aliphatic rings. The van der Waals surface area contributed by atoms with Gasteiger partial charge in [-0.2, -0.15) is 0 Å². The van der Waals surface area contributed by atoms with Crippen molar-refractivity contribution in [2.45, 2.75) is 82.6 Å². The van der Waals surface area contributed by atoms with E-state index >= 15 is 0 Å². The maximum atomic E-state index is 12.5. The van der Waals surface area contributed by atoms with Crippen LogP contribution in [0.2, 0.25) is 0 Å². The van der Waals surface area contributed by atoms with Crippen LogP contribution in [0.3, 0.4) is 0 Å². The van der Waals surface area contributed by atoms with Gasteiger partial charge in [0.05, 0.1) is 18.8 Å². The quantitative estimate of drug-likeness (QED) is 0.308. The van der Waals surface area contributed by atoms with Gasteiger partial charge in [-0.3, -0.25) is 9.59 Å². The minimum atomic E-state index is 0.0998. The first-order valence-electron chi connectivity index (χ1n) is 9.96. The van der Waals surface area contributed by atoms with Crippen molar-refractivity contribution in [2.24, 2.45) is 0 Å². The van der Waals surface area contributed by atoms with Gasteiger partial charge in [-0.05, 0) is 39.5 Å². The van der Waals surface area contributed by atoms with E-state index < -0.39 is 0 Å². The molecule has 1 saturated heterocycles. The van der Waals surface area contributed by atoms with Crippen LogP contribution < -0.4 is 0 Å². The Morgan fingerprint density at radius 1 is 1.15 bits per heavy atom. The van der Waals surface area contributed by atoms with E-state index in [-0.39, 0.29) is 22.8 Å². The van der Waals surface area contributed by atoms with Crippen molar-refractivity contribution >= 4 is 33.3 Å². The Bertz CT molecular complexity index is 459. The zero-order chi connectivity index (χ0) is 20.3. The topological polar surface area (TPSA) is 55.8 Å². The van der Waals surface area contributed by atoms with Gasteiger partial charge < -0.3 is 14.4 Å². The van der Waals surface area contributed by atoms with E-state index in [0.717, 1.165) is 31.4 Å². The van der Waals surface area contributed by atoms with Gasteiger partial charge >= 0.3 is 0 Å². The second-order valence-corrected chi connectivity index (χ2v) is 11.0. The molecular formula is C20H37NO4S2. The first-order valence-corrected chi connectivity index (χ1v) is 12.3. The number of hydrogen-bond donors (Lipinski definition) is 0. The first-order chi connectivity index (χ1) is 12.8. The number of ketones is 1. The van der Waals surface area contributed by atoms with Gasteiger partial charge in [0.15, 0.2) is 0 Å². The maximum Gasteiger partial charge on any atom is 0.222 e. The zero-order valence-corrected chi connectivity index (χ0v) is 19.3. The van der Waals surface area contributed by atoms with Crippen molar-refractivity contribution in [3.8, 4) is 0 Å². The van der Waals surface area contributed by atoms with E-state index in [2.05, 4.69) is 20.8 Å². The molecule has 0 aliphatic carbocycles. The lowest BCUT2D eigenvalue weighted by molar-refractivity contribution is -0.133. The summed E-state index contributed by atoms with van der Waals surface area (Å²) in [6.45, 7) is 7.74. The lowest BCUT2D eigenvalue weighted by Gasteiger charge is -2.24. The smallest absolute Gasteiger partial charge is 0.222 e. The summed E-state index contributed by atoms with van der Waals surface area (Å²) >= 11 is 0. The van der Waals surface area contributed by atoms with Gasteiger partial charge in [-0.1, -0.05) is 28.5 Å². The average Bonchev–Trinajstić information content (AvgIpc) is 3.05. The largest absolute Gasteiger partial charge is 0.383 e. The molecule has 1 fully saturated rings. The number of likely N-dealkylation sites (tertiary alicyclic amines) is 1. The van der Waals surface area contributed by atoms with E-state index in [1.54, 1.807) is 14.2 Å². The molecule has 0 aromatic rings. The third-order valence-electron chi connectivity index (χ3n) is 4.89. The molecule has 1 aliphatic heterocycles. The van der Waals surface area contributed by atoms with Crippen LogP contribution in [-0.4, -0.2) is 66.6 Å². The van der Waals surface area contributed by atoms with Gasteiger partial charge in [0, 0.05) is 50.5 Å². The van der Waals surface area contributed by atoms with Crippen molar-refractivity contribution in [2.75, 3.05) is 33.1 Å². The van der Waals surface area contributed by atoms with Crippen molar-refractivity contribution in [1.82, 2.24) is 4.90 Å². The second kappa shape index (κ2) is 13.1. The number of unbranched alkanes of at least 4 members (excludes halogenated alkanes) is 1. The summed E-state index contributed by atoms with van der Waals surface area (Å²) in [5.74, 6) is 1.55. The highest BCUT2D eigenvalue weighted by Gasteiger charge is 2.34. The Hall–Kier alpha value is -0.240. The molecule has 1 rings (SSSR count). The molecule has 0 saturated carbocycles. The summed E-state index contributed by atoms with van der Waals surface area (Å²) in [7, 11) is 7.07. The number of ether oxygens (including phenoxy) is 2. The number of carbonyl (C=O) groups excluding carboxylic acids is 2. The SMILES string of the molecule is CCSSC(C)(C)CCC(=O)CCCCC(=O)N1C[C@@H](OC)C[C@@H]1COC. The highest BCUT2D eigenvalue weighted by atomic mass is 33.1. The molecule has 0 aromatic heterocycles. The molecule has 0 unspecified atom stereocenters. The van der Waals surface area contributed by atoms with E-state index in [4.69, 9.17) is 9.47 Å². The van der Waals surface area contributed by atoms with Crippen molar-refractivity contribution in [3.05, 3.63) is 0 Å². The lowest BCUT2D eigenvalue weighted by Crippen LogP contribution is -2.38. The molecule has 1 amide bonds. The molecule has 0 aromatic carbocycles. The molecule has 0 N–H and O–H groups in total. The van der Waals surface area contributed by atoms with Crippen LogP contribution in [0.1, 0.15) is 65.7 Å². The highest BCUT2D eigenvalue weighted by Crippen LogP contribution is 2.38. The van der Waals surface area contributed by atoms with E-state index in [1.807, 2.05) is 26.5 Å². The van der Waals surface area contributed by atoms with Gasteiger partial charge in [0.25, 0.3) is 0 Å². The first kappa shape index (κ1) is 24.8. The fourth-order valence-corrected chi connectivity index (χ4v) is 5.45. The summed E-state index contributed by atoms with van der Waals surface area (Å²) < 4.78 is 10.8. The minimum Gasteiger partial charge on any atom is -0.383 e. The molecule has 2 atom stereocenters. The number of carbonyl (C=O) groups is 2. The average molecular weight is 420 g/mol. The number of methoxy groups -OCH3 is 2. The summed E-state index contributed by atoms with van der Waals surface area (Å²) in [5.41, 5.74) is 0. The monoisotopic (exact) mass is 419 g/mol. The van der Waals surface area contributed by atoms with Gasteiger partial charge in [-0.25, -0.2) is 0 Å². The molecule has 27 heavy (non-hydrogen) atoms. The van der Waals surface area contributed by atoms with Gasteiger partial charge in [0.1, 0.15) is 5.78 Å². The maximum absolute atomic E-state index is 12.5. The molecule has 5 nitrogen and oxygen atoms in total. The van der Waals surface area contributed by atoms with Crippen LogP contribution in [0, 0.1) is 0 Å². The summed E-state index contributed by atoms with van der Waals surface area (Å²) in [5, 5.41) is 0. The zero-order valence-electron chi connectivity index (χ0n) is 17.6. The molecule has 0 bridgehead atoms. The highest BCUT2D eigenvalue weighted by molar-refractivity contribution is 8.77. The van der Waals surface area contributed by atoms with Crippen LogP contribution >= 0.6 is 21.6 Å². The Labute approximate surface area is 173 Å². The van der Waals surface area contributed by atoms with Crippen LogP contribution in [0.25, 0.3) is 0 Å². The van der Waals surface area contributed by atoms with E-state index in [9.17, 15) is 9.59 Å². The minimum absolute atomic E-state index is 0.0998. The molecule has 7 heteroatoms. The van der Waals surface area contributed by atoms with Crippen molar-refractivity contribution in [3.63, 3.8) is 0 Å². The van der Waals surface area contributed by atoms with E-state index in [0.29, 0.717) is 38.2 Å². The normalized spacial score (nSPS) is 20.3. The molecule has 158 valence electrons. The van der Waals surface area contributed by atoms with E-state index in [1.165, 1.54) is 0 Å². The van der Waals surface area contributed by atoms with Crippen molar-refractivity contribution < 1.29 is 19.1 Å². The number of Topliss-reactive ketones (excluding diaryl/α,β-unsaturated/α-hetero) is 1. The van der Waals surface area contributed by atoms with Gasteiger partial charge in [-0.15, -0.1) is 0 Å². The number of amides is 1. The Morgan fingerprint density at radius 3 is 2.48 bits per heavy atom. The molecule has 1 heterocycles. The predicted octanol–water partition coefficient (Wildman–Crippen LogP) is 4.34. The third kappa shape index (κ3) is 9.68. The summed E-state index contributed by atoms with van der Waals surface area (Å²) in [6.07, 6.45) is 5.11. The third-order valence-corrected chi connectivity index (χ3v) is 8.32. The molecule has 0 spiro atoms. The molecular weight excluding hydrogens is 382 g/mol. The Kier molecular flexibility index (Phi) is 12.0. The molecule has 0 radical (unpaired) electrons. The number of rotatable bonds is 14. The van der Waals surface area contributed by atoms with Crippen LogP contribution in [0.4, 0.5) is 0 Å². The van der Waals surface area contributed by atoms with Crippen LogP contribution in [0.5, 0.6) is 0 Å². The second-order valence-electron chi connectivity index (χ2n) is 7.74. The summed E-state index contributed by atoms with van der Waals surface area (Å²) in [6, 6.07) is 0.106. The lowest BCUT2D eigenvalue weighted by atomic mass is 10.0. The fourth-order valence-electron chi connectivity index (χ4n) is 3.27. The predicted molar refractivity (Wildman–Crippen MR) is 115 cm³/mol. The Balaban J connectivity index is 2.24. The summed E-state index contributed by atoms with van der Waals surface area (Å²) in [4.78, 5) is 26.6. The van der Waals surface area contributed by atoms with Crippen molar-refractivity contribution in [1.29, 1.82) is 0 Å². The standard InChI is InChI=1S/C20H37NO4S2/c1-6-26-27-20(2,3)12-11-17(22)9-7-8-10-19(23)21-14-18(25-5)13-16(21)15-24-4/h16,18H,6-15H2,1-5H3/t16-,18+/m1/s1.